The molecule has 0 saturated heterocycles. The molecule has 164 valence electrons. The van der Waals surface area contributed by atoms with Gasteiger partial charge in [0.05, 0.1) is 15.5 Å². The Morgan fingerprint density at radius 2 is 1.91 bits per heavy atom. The van der Waals surface area contributed by atoms with Gasteiger partial charge in [0.15, 0.2) is 0 Å². The fraction of sp³-hybridized carbons (Fsp3) is 0.100. The molecule has 0 aliphatic heterocycles. The van der Waals surface area contributed by atoms with Crippen LogP contribution < -0.4 is 11.1 Å². The molecule has 3 heterocycles. The number of anilines is 1. The van der Waals surface area contributed by atoms with E-state index in [1.165, 1.54) is 6.20 Å². The van der Waals surface area contributed by atoms with E-state index in [9.17, 15) is 22.8 Å². The van der Waals surface area contributed by atoms with Crippen molar-refractivity contribution >= 4 is 61.6 Å². The van der Waals surface area contributed by atoms with Gasteiger partial charge in [0.1, 0.15) is 21.1 Å². The molecular weight excluding hydrogens is 558 g/mol. The first-order valence-corrected chi connectivity index (χ1v) is 10.9. The number of nitrogens with one attached hydrogen (secondary N) is 2. The van der Waals surface area contributed by atoms with Gasteiger partial charge in [-0.15, -0.1) is 11.3 Å². The number of thiophene rings is 1. The number of carbonyl (C=O) groups is 2. The smallest absolute Gasteiger partial charge is 0.365 e. The number of hydrogen-bond acceptors (Lipinski definition) is 5. The Labute approximate surface area is 196 Å². The number of halogens is 4. The lowest BCUT2D eigenvalue weighted by Crippen LogP contribution is -2.18. The summed E-state index contributed by atoms with van der Waals surface area (Å²) in [5.74, 6) is -1.52. The Balaban J connectivity index is 2.00. The van der Waals surface area contributed by atoms with E-state index in [-0.39, 0.29) is 32.0 Å². The molecule has 0 aliphatic carbocycles. The normalized spacial score (nSPS) is 11.7. The zero-order valence-corrected chi connectivity index (χ0v) is 19.1. The van der Waals surface area contributed by atoms with Crippen molar-refractivity contribution in [2.75, 3.05) is 5.32 Å². The standard InChI is InChI=1S/C20H13F3IN5O2S/c1-8-2-4-9(5-3-8)10-6-12(20(21,22)23)27-19-13(10)15(16(32-19)17(25)30)28-18(31)14-11(24)7-26-29-14/h2-7H,1H3,(H2,25,30)(H,26,29)(H,28,31). The van der Waals surface area contributed by atoms with Crippen molar-refractivity contribution in [2.45, 2.75) is 13.1 Å². The molecular formula is C20H13F3IN5O2S. The molecule has 1 aromatic carbocycles. The van der Waals surface area contributed by atoms with Crippen molar-refractivity contribution in [3.05, 3.63) is 61.9 Å². The van der Waals surface area contributed by atoms with Gasteiger partial charge in [-0.2, -0.15) is 18.3 Å². The Bertz CT molecular complexity index is 1360. The fourth-order valence-electron chi connectivity index (χ4n) is 3.10. The topological polar surface area (TPSA) is 114 Å². The van der Waals surface area contributed by atoms with E-state index in [2.05, 4.69) is 20.5 Å². The Kier molecular flexibility index (Phi) is 5.67. The molecule has 3 aromatic heterocycles. The molecule has 12 heteroatoms. The van der Waals surface area contributed by atoms with Crippen LogP contribution in [0.25, 0.3) is 21.3 Å². The van der Waals surface area contributed by atoms with Gasteiger partial charge in [0.25, 0.3) is 11.8 Å². The molecule has 7 nitrogen and oxygen atoms in total. The molecule has 4 rings (SSSR count). The molecule has 0 fully saturated rings. The summed E-state index contributed by atoms with van der Waals surface area (Å²) in [6.07, 6.45) is -3.27. The van der Waals surface area contributed by atoms with Crippen LogP contribution in [0.3, 0.4) is 0 Å². The average Bonchev–Trinajstić information content (AvgIpc) is 3.31. The zero-order chi connectivity index (χ0) is 23.2. The van der Waals surface area contributed by atoms with E-state index < -0.39 is 23.7 Å². The van der Waals surface area contributed by atoms with Gasteiger partial charge in [-0.1, -0.05) is 29.8 Å². The number of benzene rings is 1. The minimum atomic E-state index is -4.71. The van der Waals surface area contributed by atoms with Gasteiger partial charge in [-0.3, -0.25) is 14.7 Å². The SMILES string of the molecule is Cc1ccc(-c2cc(C(F)(F)F)nc3sc(C(N)=O)c(NC(=O)c4[nH]ncc4I)c23)cc1. The number of aromatic nitrogens is 3. The van der Waals surface area contributed by atoms with Crippen LogP contribution >= 0.6 is 33.9 Å². The third-order valence-electron chi connectivity index (χ3n) is 4.60. The second kappa shape index (κ2) is 8.16. The quantitative estimate of drug-likeness (QED) is 0.300. The van der Waals surface area contributed by atoms with Crippen LogP contribution in [0.1, 0.15) is 31.4 Å². The minimum Gasteiger partial charge on any atom is -0.365 e. The molecule has 0 unspecified atom stereocenters. The van der Waals surface area contributed by atoms with Crippen LogP contribution in [0.5, 0.6) is 0 Å². The fourth-order valence-corrected chi connectivity index (χ4v) is 4.62. The van der Waals surface area contributed by atoms with E-state index in [4.69, 9.17) is 5.73 Å². The second-order valence-corrected chi connectivity index (χ2v) is 8.98. The van der Waals surface area contributed by atoms with Crippen LogP contribution in [0.4, 0.5) is 18.9 Å². The number of primary amides is 1. The molecule has 0 bridgehead atoms. The number of nitrogens with zero attached hydrogens (tertiary/aromatic N) is 2. The number of carbonyl (C=O) groups excluding carboxylic acids is 2. The summed E-state index contributed by atoms with van der Waals surface area (Å²) in [4.78, 5) is 28.4. The lowest BCUT2D eigenvalue weighted by atomic mass is 10.00. The van der Waals surface area contributed by atoms with E-state index in [0.717, 1.165) is 11.6 Å². The van der Waals surface area contributed by atoms with Crippen LogP contribution in [0.15, 0.2) is 36.5 Å². The van der Waals surface area contributed by atoms with Crippen molar-refractivity contribution in [2.24, 2.45) is 5.73 Å². The lowest BCUT2D eigenvalue weighted by Gasteiger charge is -2.12. The highest BCUT2D eigenvalue weighted by molar-refractivity contribution is 14.1. The summed E-state index contributed by atoms with van der Waals surface area (Å²) in [6.45, 7) is 1.85. The molecule has 0 atom stereocenters. The first kappa shape index (κ1) is 22.2. The predicted octanol–water partition coefficient (Wildman–Crippen LogP) is 4.97. The van der Waals surface area contributed by atoms with E-state index in [0.29, 0.717) is 20.5 Å². The van der Waals surface area contributed by atoms with Gasteiger partial charge >= 0.3 is 6.18 Å². The van der Waals surface area contributed by atoms with Crippen LogP contribution in [-0.2, 0) is 6.18 Å². The number of aryl methyl sites for hydroxylation is 1. The first-order chi connectivity index (χ1) is 15.1. The van der Waals surface area contributed by atoms with E-state index in [1.807, 2.05) is 29.5 Å². The predicted molar refractivity (Wildman–Crippen MR) is 123 cm³/mol. The molecule has 0 radical (unpaired) electrons. The van der Waals surface area contributed by atoms with Gasteiger partial charge in [-0.05, 0) is 46.7 Å². The molecule has 4 aromatic rings. The molecule has 2 amide bonds. The highest BCUT2D eigenvalue weighted by atomic mass is 127. The summed E-state index contributed by atoms with van der Waals surface area (Å²) in [7, 11) is 0. The van der Waals surface area contributed by atoms with Crippen molar-refractivity contribution in [1.82, 2.24) is 15.2 Å². The Morgan fingerprint density at radius 1 is 1.22 bits per heavy atom. The second-order valence-electron chi connectivity index (χ2n) is 6.82. The monoisotopic (exact) mass is 571 g/mol. The Hall–Kier alpha value is -3.00. The number of pyridine rings is 1. The van der Waals surface area contributed by atoms with Crippen molar-refractivity contribution in [3.63, 3.8) is 0 Å². The van der Waals surface area contributed by atoms with Crippen LogP contribution in [-0.4, -0.2) is 27.0 Å². The summed E-state index contributed by atoms with van der Waals surface area (Å²) >= 11 is 2.59. The lowest BCUT2D eigenvalue weighted by molar-refractivity contribution is -0.140. The molecule has 0 saturated carbocycles. The van der Waals surface area contributed by atoms with E-state index in [1.54, 1.807) is 24.3 Å². The number of aromatic amines is 1. The maximum absolute atomic E-state index is 13.6. The van der Waals surface area contributed by atoms with Gasteiger partial charge in [0.2, 0.25) is 0 Å². The van der Waals surface area contributed by atoms with E-state index >= 15 is 0 Å². The number of fused-ring (bicyclic) bond motifs is 1. The zero-order valence-electron chi connectivity index (χ0n) is 16.2. The molecule has 4 N–H and O–H groups in total. The van der Waals surface area contributed by atoms with Gasteiger partial charge in [0, 0.05) is 5.39 Å². The molecule has 32 heavy (non-hydrogen) atoms. The van der Waals surface area contributed by atoms with Crippen LogP contribution in [0, 0.1) is 10.5 Å². The number of amides is 2. The minimum absolute atomic E-state index is 0.00435. The summed E-state index contributed by atoms with van der Waals surface area (Å²) in [5, 5.41) is 9.14. The average molecular weight is 571 g/mol. The summed E-state index contributed by atoms with van der Waals surface area (Å²) in [5.41, 5.74) is 6.06. The van der Waals surface area contributed by atoms with Crippen LogP contribution in [0.2, 0.25) is 0 Å². The third-order valence-corrected chi connectivity index (χ3v) is 6.51. The van der Waals surface area contributed by atoms with Crippen molar-refractivity contribution in [3.8, 4) is 11.1 Å². The number of H-pyrrole nitrogens is 1. The third kappa shape index (κ3) is 4.07. The van der Waals surface area contributed by atoms with Gasteiger partial charge < -0.3 is 11.1 Å². The maximum atomic E-state index is 13.6. The largest absolute Gasteiger partial charge is 0.433 e. The first-order valence-electron chi connectivity index (χ1n) is 8.98. The Morgan fingerprint density at radius 3 is 2.47 bits per heavy atom. The number of rotatable bonds is 4. The molecule has 0 aliphatic rings. The number of alkyl halides is 3. The van der Waals surface area contributed by atoms with Crippen molar-refractivity contribution in [1.29, 1.82) is 0 Å². The number of hydrogen-bond donors (Lipinski definition) is 3. The van der Waals surface area contributed by atoms with Gasteiger partial charge in [-0.25, -0.2) is 4.98 Å². The maximum Gasteiger partial charge on any atom is 0.433 e. The highest BCUT2D eigenvalue weighted by Crippen LogP contribution is 2.43. The number of nitrogens with two attached hydrogens (primary N) is 1. The highest BCUT2D eigenvalue weighted by Gasteiger charge is 2.35. The summed E-state index contributed by atoms with van der Waals surface area (Å²) in [6, 6.07) is 7.73. The van der Waals surface area contributed by atoms with Crippen molar-refractivity contribution < 1.29 is 22.8 Å². The molecule has 0 spiro atoms. The summed E-state index contributed by atoms with van der Waals surface area (Å²) < 4.78 is 41.2.